The van der Waals surface area contributed by atoms with Crippen LogP contribution in [0.15, 0.2) is 66.0 Å². The molecule has 2 aromatic heterocycles. The third-order valence-corrected chi connectivity index (χ3v) is 5.15. The van der Waals surface area contributed by atoms with E-state index in [4.69, 9.17) is 28.2 Å². The molecular formula is C19H12Cl2N2S. The normalized spacial score (nSPS) is 10.9. The average molecular weight is 371 g/mol. The molecule has 0 unspecified atom stereocenters. The van der Waals surface area contributed by atoms with Crippen LogP contribution in [0.3, 0.4) is 0 Å². The molecule has 0 radical (unpaired) electrons. The van der Waals surface area contributed by atoms with E-state index in [9.17, 15) is 0 Å². The second kappa shape index (κ2) is 6.44. The summed E-state index contributed by atoms with van der Waals surface area (Å²) >= 11 is 14.2. The van der Waals surface area contributed by atoms with E-state index in [1.54, 1.807) is 23.5 Å². The summed E-state index contributed by atoms with van der Waals surface area (Å²) in [4.78, 5) is 9.34. The molecule has 0 saturated carbocycles. The number of nitrogens with one attached hydrogen (secondary N) is 1. The number of aromatic amines is 1. The van der Waals surface area contributed by atoms with Gasteiger partial charge in [0.2, 0.25) is 0 Å². The molecule has 5 heteroatoms. The smallest absolute Gasteiger partial charge is 0.148 e. The number of rotatable bonds is 3. The maximum absolute atomic E-state index is 6.41. The molecule has 0 atom stereocenters. The first kappa shape index (κ1) is 15.5. The van der Waals surface area contributed by atoms with Crippen LogP contribution in [-0.2, 0) is 0 Å². The predicted molar refractivity (Wildman–Crippen MR) is 103 cm³/mol. The van der Waals surface area contributed by atoms with Crippen molar-refractivity contribution in [1.29, 1.82) is 0 Å². The zero-order valence-corrected chi connectivity index (χ0v) is 14.8. The van der Waals surface area contributed by atoms with Crippen LogP contribution in [0, 0.1) is 0 Å². The van der Waals surface area contributed by atoms with Crippen LogP contribution in [0.5, 0.6) is 0 Å². The second-order valence-electron chi connectivity index (χ2n) is 5.28. The van der Waals surface area contributed by atoms with Crippen LogP contribution in [0.4, 0.5) is 0 Å². The third kappa shape index (κ3) is 2.86. The quantitative estimate of drug-likeness (QED) is 0.422. The summed E-state index contributed by atoms with van der Waals surface area (Å²) in [5.74, 6) is 0.829. The zero-order valence-electron chi connectivity index (χ0n) is 12.5. The molecule has 0 bridgehead atoms. The van der Waals surface area contributed by atoms with E-state index in [0.717, 1.165) is 33.2 Å². The van der Waals surface area contributed by atoms with Crippen molar-refractivity contribution in [3.8, 4) is 33.2 Å². The molecule has 4 aromatic rings. The minimum Gasteiger partial charge on any atom is -0.337 e. The first-order valence-electron chi connectivity index (χ1n) is 7.37. The van der Waals surface area contributed by atoms with Crippen LogP contribution in [-0.4, -0.2) is 9.97 Å². The zero-order chi connectivity index (χ0) is 16.5. The lowest BCUT2D eigenvalue weighted by Crippen LogP contribution is -1.85. The van der Waals surface area contributed by atoms with E-state index in [-0.39, 0.29) is 0 Å². The van der Waals surface area contributed by atoms with E-state index >= 15 is 0 Å². The number of nitrogens with zero attached hydrogens (tertiary/aromatic N) is 1. The Kier molecular flexibility index (Phi) is 4.15. The Bertz CT molecular complexity index is 976. The maximum atomic E-state index is 6.41. The van der Waals surface area contributed by atoms with Gasteiger partial charge in [0.05, 0.1) is 21.3 Å². The van der Waals surface area contributed by atoms with Gasteiger partial charge in [-0.25, -0.2) is 4.98 Å². The highest BCUT2D eigenvalue weighted by Crippen LogP contribution is 2.38. The van der Waals surface area contributed by atoms with Crippen molar-refractivity contribution in [2.24, 2.45) is 0 Å². The molecule has 0 spiro atoms. The van der Waals surface area contributed by atoms with Crippen molar-refractivity contribution in [2.45, 2.75) is 0 Å². The Morgan fingerprint density at radius 3 is 2.50 bits per heavy atom. The fourth-order valence-corrected chi connectivity index (χ4v) is 3.64. The first-order valence-corrected chi connectivity index (χ1v) is 9.00. The van der Waals surface area contributed by atoms with Crippen molar-refractivity contribution >= 4 is 34.5 Å². The highest BCUT2D eigenvalue weighted by atomic mass is 35.5. The SMILES string of the molecule is Clc1ccc(Cl)c(-c2nc(-c3cccs3)[nH]c2-c2ccccc2)c1. The fourth-order valence-electron chi connectivity index (χ4n) is 2.59. The standard InChI is InChI=1S/C19H12Cl2N2S/c20-13-8-9-15(21)14(11-13)18-17(12-5-2-1-3-6-12)22-19(23-18)16-7-4-10-24-16/h1-11H,(H,22,23). The number of halogens is 2. The molecule has 4 rings (SSSR count). The van der Waals surface area contributed by atoms with Crippen LogP contribution in [0.25, 0.3) is 33.2 Å². The molecule has 0 amide bonds. The molecule has 2 heterocycles. The molecule has 1 N–H and O–H groups in total. The third-order valence-electron chi connectivity index (χ3n) is 3.70. The first-order chi connectivity index (χ1) is 11.7. The summed E-state index contributed by atoms with van der Waals surface area (Å²) < 4.78 is 0. The summed E-state index contributed by atoms with van der Waals surface area (Å²) in [7, 11) is 0. The maximum Gasteiger partial charge on any atom is 0.148 e. The van der Waals surface area contributed by atoms with Gasteiger partial charge < -0.3 is 4.98 Å². The average Bonchev–Trinajstić information content (AvgIpc) is 3.27. The van der Waals surface area contributed by atoms with Gasteiger partial charge >= 0.3 is 0 Å². The highest BCUT2D eigenvalue weighted by Gasteiger charge is 2.18. The summed E-state index contributed by atoms with van der Waals surface area (Å²) in [5, 5.41) is 3.29. The van der Waals surface area contributed by atoms with Gasteiger partial charge in [-0.05, 0) is 29.6 Å². The summed E-state index contributed by atoms with van der Waals surface area (Å²) in [5.41, 5.74) is 3.61. The van der Waals surface area contributed by atoms with E-state index in [2.05, 4.69) is 4.98 Å². The van der Waals surface area contributed by atoms with Crippen LogP contribution >= 0.6 is 34.5 Å². The van der Waals surface area contributed by atoms with E-state index < -0.39 is 0 Å². The van der Waals surface area contributed by atoms with E-state index in [1.165, 1.54) is 0 Å². The number of benzene rings is 2. The number of hydrogen-bond donors (Lipinski definition) is 1. The number of aromatic nitrogens is 2. The van der Waals surface area contributed by atoms with Gasteiger partial charge in [-0.1, -0.05) is 59.6 Å². The van der Waals surface area contributed by atoms with Crippen LogP contribution in [0.1, 0.15) is 0 Å². The molecule has 24 heavy (non-hydrogen) atoms. The second-order valence-corrected chi connectivity index (χ2v) is 7.07. The van der Waals surface area contributed by atoms with Crippen molar-refractivity contribution in [2.75, 3.05) is 0 Å². The van der Waals surface area contributed by atoms with Crippen molar-refractivity contribution in [3.63, 3.8) is 0 Å². The van der Waals surface area contributed by atoms with Gasteiger partial charge in [-0.2, -0.15) is 0 Å². The van der Waals surface area contributed by atoms with Gasteiger partial charge in [0.15, 0.2) is 0 Å². The Hall–Kier alpha value is -2.07. The predicted octanol–water partition coefficient (Wildman–Crippen LogP) is 6.78. The lowest BCUT2D eigenvalue weighted by molar-refractivity contribution is 1.33. The van der Waals surface area contributed by atoms with E-state index in [0.29, 0.717) is 10.0 Å². The highest BCUT2D eigenvalue weighted by molar-refractivity contribution is 7.13. The number of imidazole rings is 1. The summed E-state index contributed by atoms with van der Waals surface area (Å²) in [6, 6.07) is 19.6. The fraction of sp³-hybridized carbons (Fsp3) is 0. The van der Waals surface area contributed by atoms with Crippen molar-refractivity contribution in [1.82, 2.24) is 9.97 Å². The molecular weight excluding hydrogens is 359 g/mol. The van der Waals surface area contributed by atoms with Gasteiger partial charge in [0, 0.05) is 16.1 Å². The monoisotopic (exact) mass is 370 g/mol. The Morgan fingerprint density at radius 2 is 1.75 bits per heavy atom. The number of hydrogen-bond acceptors (Lipinski definition) is 2. The summed E-state index contributed by atoms with van der Waals surface area (Å²) in [6.07, 6.45) is 0. The molecule has 0 aliphatic carbocycles. The lowest BCUT2D eigenvalue weighted by Gasteiger charge is -2.05. The van der Waals surface area contributed by atoms with Gasteiger partial charge in [-0.15, -0.1) is 11.3 Å². The lowest BCUT2D eigenvalue weighted by atomic mass is 10.1. The largest absolute Gasteiger partial charge is 0.337 e. The van der Waals surface area contributed by atoms with Crippen molar-refractivity contribution in [3.05, 3.63) is 76.1 Å². The summed E-state index contributed by atoms with van der Waals surface area (Å²) in [6.45, 7) is 0. The van der Waals surface area contributed by atoms with Gasteiger partial charge in [0.25, 0.3) is 0 Å². The van der Waals surface area contributed by atoms with Crippen molar-refractivity contribution < 1.29 is 0 Å². The number of thiophene rings is 1. The van der Waals surface area contributed by atoms with Gasteiger partial charge in [-0.3, -0.25) is 0 Å². The molecule has 0 aliphatic heterocycles. The van der Waals surface area contributed by atoms with Gasteiger partial charge in [0.1, 0.15) is 5.82 Å². The Morgan fingerprint density at radius 1 is 0.917 bits per heavy atom. The topological polar surface area (TPSA) is 28.7 Å². The van der Waals surface area contributed by atoms with E-state index in [1.807, 2.05) is 53.9 Å². The van der Waals surface area contributed by atoms with Crippen LogP contribution in [0.2, 0.25) is 10.0 Å². The molecule has 0 aliphatic rings. The Labute approximate surface area is 153 Å². The molecule has 0 saturated heterocycles. The molecule has 2 aromatic carbocycles. The number of H-pyrrole nitrogens is 1. The van der Waals surface area contributed by atoms with Crippen LogP contribution < -0.4 is 0 Å². The minimum atomic E-state index is 0.626. The molecule has 118 valence electrons. The molecule has 0 fully saturated rings. The molecule has 2 nitrogen and oxygen atoms in total. The minimum absolute atomic E-state index is 0.626. The Balaban J connectivity index is 1.96.